The molecule has 2 aromatic rings. The average Bonchev–Trinajstić information content (AvgIpc) is 2.98. The van der Waals surface area contributed by atoms with Crippen LogP contribution in [0.4, 0.5) is 0 Å². The fourth-order valence-electron chi connectivity index (χ4n) is 1.32. The molecular formula is C12H10N2O2S2. The topological polar surface area (TPSA) is 63.0 Å². The Balaban J connectivity index is 1.99. The van der Waals surface area contributed by atoms with E-state index < -0.39 is 12.1 Å². The zero-order chi connectivity index (χ0) is 13.0. The molecule has 0 radical (unpaired) electrons. The maximum absolute atomic E-state index is 11.5. The van der Waals surface area contributed by atoms with Gasteiger partial charge in [0.05, 0.1) is 12.1 Å². The molecule has 0 fully saturated rings. The quantitative estimate of drug-likeness (QED) is 0.807. The van der Waals surface area contributed by atoms with E-state index in [4.69, 9.17) is 10.00 Å². The Labute approximate surface area is 112 Å². The molecule has 0 amide bonds. The molecule has 2 rings (SSSR count). The second-order valence-corrected chi connectivity index (χ2v) is 5.23. The summed E-state index contributed by atoms with van der Waals surface area (Å²) in [5.74, 6) is -0.425. The molecule has 1 atom stereocenters. The maximum atomic E-state index is 11.5. The SMILES string of the molecule is C[C@H](C#N)OC(=O)Cc1csc(-c2ccsc2)n1. The van der Waals surface area contributed by atoms with Crippen molar-refractivity contribution in [1.29, 1.82) is 5.26 Å². The molecule has 92 valence electrons. The summed E-state index contributed by atoms with van der Waals surface area (Å²) in [6, 6.07) is 3.84. The molecule has 4 nitrogen and oxygen atoms in total. The van der Waals surface area contributed by atoms with Crippen LogP contribution in [0.3, 0.4) is 0 Å². The number of aromatic nitrogens is 1. The van der Waals surface area contributed by atoms with Crippen LogP contribution in [0.15, 0.2) is 22.2 Å². The Morgan fingerprint density at radius 1 is 1.61 bits per heavy atom. The Bertz CT molecular complexity index is 569. The van der Waals surface area contributed by atoms with Gasteiger partial charge >= 0.3 is 5.97 Å². The van der Waals surface area contributed by atoms with Crippen LogP contribution in [0.1, 0.15) is 12.6 Å². The molecular weight excluding hydrogens is 268 g/mol. The number of nitrogens with zero attached hydrogens (tertiary/aromatic N) is 2. The summed E-state index contributed by atoms with van der Waals surface area (Å²) in [7, 11) is 0. The first-order valence-corrected chi connectivity index (χ1v) is 7.07. The molecule has 0 N–H and O–H groups in total. The predicted molar refractivity (Wildman–Crippen MR) is 70.3 cm³/mol. The third-order valence-corrected chi connectivity index (χ3v) is 3.76. The summed E-state index contributed by atoms with van der Waals surface area (Å²) in [5, 5.41) is 15.3. The number of esters is 1. The Morgan fingerprint density at radius 2 is 2.44 bits per heavy atom. The summed E-state index contributed by atoms with van der Waals surface area (Å²) in [4.78, 5) is 15.8. The fraction of sp³-hybridized carbons (Fsp3) is 0.250. The van der Waals surface area contributed by atoms with Gasteiger partial charge in [-0.05, 0) is 18.4 Å². The van der Waals surface area contributed by atoms with E-state index in [1.165, 1.54) is 18.3 Å². The maximum Gasteiger partial charge on any atom is 0.313 e. The number of hydrogen-bond acceptors (Lipinski definition) is 6. The molecule has 0 aliphatic heterocycles. The number of carbonyl (C=O) groups excluding carboxylic acids is 1. The van der Waals surface area contributed by atoms with Crippen molar-refractivity contribution in [2.45, 2.75) is 19.4 Å². The molecule has 0 aromatic carbocycles. The van der Waals surface area contributed by atoms with Gasteiger partial charge < -0.3 is 4.74 Å². The van der Waals surface area contributed by atoms with Crippen molar-refractivity contribution in [3.05, 3.63) is 27.9 Å². The number of ether oxygens (including phenoxy) is 1. The van der Waals surface area contributed by atoms with Crippen LogP contribution in [0, 0.1) is 11.3 Å². The zero-order valence-corrected chi connectivity index (χ0v) is 11.3. The van der Waals surface area contributed by atoms with E-state index in [1.54, 1.807) is 11.3 Å². The van der Waals surface area contributed by atoms with Crippen molar-refractivity contribution in [2.24, 2.45) is 0 Å². The first-order chi connectivity index (χ1) is 8.69. The third kappa shape index (κ3) is 3.15. The second-order valence-electron chi connectivity index (χ2n) is 3.59. The number of thiophene rings is 1. The lowest BCUT2D eigenvalue weighted by Gasteiger charge is -2.03. The first-order valence-electron chi connectivity index (χ1n) is 5.25. The minimum Gasteiger partial charge on any atom is -0.447 e. The van der Waals surface area contributed by atoms with E-state index in [1.807, 2.05) is 28.3 Å². The van der Waals surface area contributed by atoms with Crippen LogP contribution in [0.25, 0.3) is 10.6 Å². The highest BCUT2D eigenvalue weighted by Crippen LogP contribution is 2.25. The van der Waals surface area contributed by atoms with E-state index in [0.29, 0.717) is 5.69 Å². The van der Waals surface area contributed by atoms with E-state index in [2.05, 4.69) is 4.98 Å². The highest BCUT2D eigenvalue weighted by Gasteiger charge is 2.12. The van der Waals surface area contributed by atoms with E-state index in [0.717, 1.165) is 10.6 Å². The molecule has 0 spiro atoms. The lowest BCUT2D eigenvalue weighted by atomic mass is 10.3. The number of rotatable bonds is 4. The van der Waals surface area contributed by atoms with E-state index >= 15 is 0 Å². The zero-order valence-electron chi connectivity index (χ0n) is 9.62. The summed E-state index contributed by atoms with van der Waals surface area (Å²) < 4.78 is 4.87. The van der Waals surface area contributed by atoms with Crippen molar-refractivity contribution in [3.8, 4) is 16.6 Å². The summed E-state index contributed by atoms with van der Waals surface area (Å²) in [6.45, 7) is 1.54. The molecule has 0 aliphatic rings. The second kappa shape index (κ2) is 5.76. The van der Waals surface area contributed by atoms with Crippen molar-refractivity contribution in [2.75, 3.05) is 0 Å². The van der Waals surface area contributed by atoms with E-state index in [-0.39, 0.29) is 6.42 Å². The van der Waals surface area contributed by atoms with Crippen molar-refractivity contribution in [3.63, 3.8) is 0 Å². The van der Waals surface area contributed by atoms with Gasteiger partial charge in [-0.3, -0.25) is 4.79 Å². The number of nitriles is 1. The number of thiazole rings is 1. The van der Waals surface area contributed by atoms with Crippen molar-refractivity contribution < 1.29 is 9.53 Å². The van der Waals surface area contributed by atoms with Crippen LogP contribution < -0.4 is 0 Å². The molecule has 0 saturated heterocycles. The van der Waals surface area contributed by atoms with Gasteiger partial charge in [0.25, 0.3) is 0 Å². The normalized spacial score (nSPS) is 11.8. The van der Waals surface area contributed by atoms with Crippen LogP contribution in [-0.2, 0) is 16.0 Å². The molecule has 6 heteroatoms. The lowest BCUT2D eigenvalue weighted by Crippen LogP contribution is -2.15. The van der Waals surface area contributed by atoms with Crippen molar-refractivity contribution >= 4 is 28.6 Å². The summed E-state index contributed by atoms with van der Waals surface area (Å²) >= 11 is 3.10. The molecule has 0 saturated carbocycles. The van der Waals surface area contributed by atoms with Gasteiger partial charge in [-0.15, -0.1) is 11.3 Å². The minimum atomic E-state index is -0.715. The highest BCUT2D eigenvalue weighted by atomic mass is 32.1. The van der Waals surface area contributed by atoms with Gasteiger partial charge in [-0.25, -0.2) is 4.98 Å². The fourth-order valence-corrected chi connectivity index (χ4v) is 2.85. The lowest BCUT2D eigenvalue weighted by molar-refractivity contribution is -0.145. The van der Waals surface area contributed by atoms with Gasteiger partial charge in [0.1, 0.15) is 11.1 Å². The largest absolute Gasteiger partial charge is 0.447 e. The first kappa shape index (κ1) is 12.7. The van der Waals surface area contributed by atoms with Crippen LogP contribution >= 0.6 is 22.7 Å². The molecule has 0 unspecified atom stereocenters. The standard InChI is InChI=1S/C12H10N2O2S2/c1-8(5-13)16-11(15)4-10-7-18-12(14-10)9-2-3-17-6-9/h2-3,6-8H,4H2,1H3/t8-/m1/s1. The molecule has 2 aromatic heterocycles. The molecule has 18 heavy (non-hydrogen) atoms. The average molecular weight is 278 g/mol. The van der Waals surface area contributed by atoms with Gasteiger partial charge in [-0.2, -0.15) is 16.6 Å². The molecule has 0 bridgehead atoms. The predicted octanol–water partition coefficient (Wildman–Crippen LogP) is 2.87. The molecule has 0 aliphatic carbocycles. The van der Waals surface area contributed by atoms with Gasteiger partial charge in [0.15, 0.2) is 6.10 Å². The summed E-state index contributed by atoms with van der Waals surface area (Å²) in [5.41, 5.74) is 1.74. The number of carbonyl (C=O) groups is 1. The monoisotopic (exact) mass is 278 g/mol. The minimum absolute atomic E-state index is 0.104. The molecule has 2 heterocycles. The highest BCUT2D eigenvalue weighted by molar-refractivity contribution is 7.14. The number of hydrogen-bond donors (Lipinski definition) is 0. The third-order valence-electron chi connectivity index (χ3n) is 2.14. The van der Waals surface area contributed by atoms with Crippen LogP contribution in [-0.4, -0.2) is 17.1 Å². The van der Waals surface area contributed by atoms with Gasteiger partial charge in [0.2, 0.25) is 0 Å². The van der Waals surface area contributed by atoms with E-state index in [9.17, 15) is 4.79 Å². The van der Waals surface area contributed by atoms with Crippen LogP contribution in [0.2, 0.25) is 0 Å². The Kier molecular flexibility index (Phi) is 4.07. The summed E-state index contributed by atoms with van der Waals surface area (Å²) in [6.07, 6.45) is -0.611. The van der Waals surface area contributed by atoms with Crippen LogP contribution in [0.5, 0.6) is 0 Å². The Hall–Kier alpha value is -1.71. The van der Waals surface area contributed by atoms with Crippen molar-refractivity contribution in [1.82, 2.24) is 4.98 Å². The van der Waals surface area contributed by atoms with Gasteiger partial charge in [-0.1, -0.05) is 0 Å². The van der Waals surface area contributed by atoms with Gasteiger partial charge in [0, 0.05) is 16.3 Å². The smallest absolute Gasteiger partial charge is 0.313 e. The Morgan fingerprint density at radius 3 is 3.11 bits per heavy atom.